The van der Waals surface area contributed by atoms with E-state index in [0.29, 0.717) is 12.4 Å². The second-order valence-electron chi connectivity index (χ2n) is 3.86. The fourth-order valence-electron chi connectivity index (χ4n) is 1.75. The summed E-state index contributed by atoms with van der Waals surface area (Å²) in [6.45, 7) is 2.64. The van der Waals surface area contributed by atoms with Gasteiger partial charge in [0.25, 0.3) is 0 Å². The molecule has 18 heavy (non-hydrogen) atoms. The lowest BCUT2D eigenvalue weighted by molar-refractivity contribution is 0.809. The number of hydrogen-bond acceptors (Lipinski definition) is 6. The molecule has 0 amide bonds. The van der Waals surface area contributed by atoms with Gasteiger partial charge in [0.15, 0.2) is 0 Å². The van der Waals surface area contributed by atoms with Gasteiger partial charge in [-0.1, -0.05) is 6.92 Å². The second kappa shape index (κ2) is 5.46. The number of nitrogens with one attached hydrogen (secondary N) is 2. The Balaban J connectivity index is 2.16. The first kappa shape index (κ1) is 12.3. The van der Waals surface area contributed by atoms with E-state index in [-0.39, 0.29) is 0 Å². The molecule has 7 heteroatoms. The van der Waals surface area contributed by atoms with Gasteiger partial charge in [0.05, 0.1) is 6.54 Å². The van der Waals surface area contributed by atoms with Gasteiger partial charge in [0.2, 0.25) is 0 Å². The minimum atomic E-state index is 0.609. The van der Waals surface area contributed by atoms with Crippen LogP contribution in [0.1, 0.15) is 18.3 Å². The molecule has 0 aromatic carbocycles. The Kier molecular flexibility index (Phi) is 3.73. The largest absolute Gasteiger partial charge is 0.362 e. The van der Waals surface area contributed by atoms with Crippen LogP contribution in [0, 0.1) is 0 Å². The second-order valence-corrected chi connectivity index (χ2v) is 3.86. The first-order chi connectivity index (χ1) is 8.76. The molecule has 0 saturated heterocycles. The number of rotatable bonds is 5. The summed E-state index contributed by atoms with van der Waals surface area (Å²) in [5.41, 5.74) is 3.55. The van der Waals surface area contributed by atoms with Crippen molar-refractivity contribution in [2.45, 2.75) is 19.9 Å². The average molecular weight is 247 g/mol. The van der Waals surface area contributed by atoms with E-state index >= 15 is 0 Å². The van der Waals surface area contributed by atoms with Crippen LogP contribution in [-0.2, 0) is 20.0 Å². The lowest BCUT2D eigenvalue weighted by Gasteiger charge is -2.12. The highest BCUT2D eigenvalue weighted by molar-refractivity contribution is 5.56. The zero-order chi connectivity index (χ0) is 13.0. The lowest BCUT2D eigenvalue weighted by Crippen LogP contribution is -2.14. The molecule has 0 radical (unpaired) electrons. The molecular weight excluding hydrogens is 230 g/mol. The summed E-state index contributed by atoms with van der Waals surface area (Å²) >= 11 is 0. The molecule has 0 spiro atoms. The van der Waals surface area contributed by atoms with Gasteiger partial charge in [-0.3, -0.25) is 0 Å². The number of nitrogen functional groups attached to an aromatic ring is 1. The molecule has 0 aliphatic rings. The highest BCUT2D eigenvalue weighted by atomic mass is 15.3. The van der Waals surface area contributed by atoms with Crippen molar-refractivity contribution in [3.63, 3.8) is 0 Å². The molecule has 0 bridgehead atoms. The molecule has 0 aliphatic heterocycles. The zero-order valence-electron chi connectivity index (χ0n) is 10.5. The molecule has 2 rings (SSSR count). The molecule has 2 aromatic rings. The normalized spacial score (nSPS) is 10.4. The van der Waals surface area contributed by atoms with Crippen LogP contribution in [0.5, 0.6) is 0 Å². The summed E-state index contributed by atoms with van der Waals surface area (Å²) < 4.78 is 1.96. The zero-order valence-corrected chi connectivity index (χ0v) is 10.5. The maximum atomic E-state index is 5.43. The number of aryl methyl sites for hydroxylation is 1. The Morgan fingerprint density at radius 2 is 2.06 bits per heavy atom. The van der Waals surface area contributed by atoms with Crippen LogP contribution in [-0.4, -0.2) is 19.5 Å². The molecule has 0 unspecified atom stereocenters. The van der Waals surface area contributed by atoms with Crippen LogP contribution >= 0.6 is 0 Å². The van der Waals surface area contributed by atoms with Gasteiger partial charge in [-0.2, -0.15) is 0 Å². The van der Waals surface area contributed by atoms with Gasteiger partial charge >= 0.3 is 0 Å². The number of anilines is 2. The summed E-state index contributed by atoms with van der Waals surface area (Å²) in [5, 5.41) is 3.25. The van der Waals surface area contributed by atoms with E-state index < -0.39 is 0 Å². The molecule has 0 saturated carbocycles. The summed E-state index contributed by atoms with van der Waals surface area (Å²) in [6, 6.07) is 0. The predicted molar refractivity (Wildman–Crippen MR) is 69.8 cm³/mol. The Bertz CT molecular complexity index is 520. The van der Waals surface area contributed by atoms with E-state index in [1.54, 1.807) is 6.20 Å². The Morgan fingerprint density at radius 3 is 2.67 bits per heavy atom. The van der Waals surface area contributed by atoms with Crippen molar-refractivity contribution in [1.82, 2.24) is 19.5 Å². The Labute approximate surface area is 105 Å². The van der Waals surface area contributed by atoms with Crippen molar-refractivity contribution >= 4 is 11.6 Å². The van der Waals surface area contributed by atoms with E-state index in [1.165, 1.54) is 6.33 Å². The Morgan fingerprint density at radius 1 is 1.28 bits per heavy atom. The topological polar surface area (TPSA) is 93.7 Å². The highest BCUT2D eigenvalue weighted by Crippen LogP contribution is 2.19. The average Bonchev–Trinajstić information content (AvgIpc) is 2.81. The molecule has 2 aromatic heterocycles. The number of nitrogens with zero attached hydrogens (tertiary/aromatic N) is 4. The van der Waals surface area contributed by atoms with E-state index in [9.17, 15) is 0 Å². The number of hydrazine groups is 1. The van der Waals surface area contributed by atoms with Gasteiger partial charge in [-0.25, -0.2) is 20.8 Å². The van der Waals surface area contributed by atoms with Crippen LogP contribution < -0.4 is 16.6 Å². The SMILES string of the molecule is CCc1c(NN)ncnc1NCc1nccn1C. The number of nitrogens with two attached hydrogens (primary N) is 1. The monoisotopic (exact) mass is 247 g/mol. The van der Waals surface area contributed by atoms with Crippen LogP contribution in [0.2, 0.25) is 0 Å². The molecule has 0 fully saturated rings. The number of hydrogen-bond donors (Lipinski definition) is 3. The van der Waals surface area contributed by atoms with E-state index in [4.69, 9.17) is 5.84 Å². The Hall–Kier alpha value is -2.15. The predicted octanol–water partition coefficient (Wildman–Crippen LogP) is 0.670. The van der Waals surface area contributed by atoms with Crippen LogP contribution in [0.25, 0.3) is 0 Å². The first-order valence-electron chi connectivity index (χ1n) is 5.76. The fourth-order valence-corrected chi connectivity index (χ4v) is 1.75. The summed E-state index contributed by atoms with van der Waals surface area (Å²) in [7, 11) is 1.96. The van der Waals surface area contributed by atoms with Crippen molar-refractivity contribution in [2.75, 3.05) is 10.7 Å². The van der Waals surface area contributed by atoms with Crippen molar-refractivity contribution in [3.8, 4) is 0 Å². The smallest absolute Gasteiger partial charge is 0.148 e. The molecular formula is C11H17N7. The molecule has 0 atom stereocenters. The van der Waals surface area contributed by atoms with Gasteiger partial charge in [-0.05, 0) is 6.42 Å². The molecule has 0 aliphatic carbocycles. The highest BCUT2D eigenvalue weighted by Gasteiger charge is 2.09. The minimum absolute atomic E-state index is 0.609. The fraction of sp³-hybridized carbons (Fsp3) is 0.364. The first-order valence-corrected chi connectivity index (χ1v) is 5.76. The third-order valence-electron chi connectivity index (χ3n) is 2.77. The van der Waals surface area contributed by atoms with E-state index in [1.807, 2.05) is 24.7 Å². The van der Waals surface area contributed by atoms with E-state index in [2.05, 4.69) is 25.7 Å². The quantitative estimate of drug-likeness (QED) is 0.531. The van der Waals surface area contributed by atoms with Crippen molar-refractivity contribution < 1.29 is 0 Å². The molecule has 7 nitrogen and oxygen atoms in total. The standard InChI is InChI=1S/C11H17N7/c1-3-8-10(15-7-16-11(8)17-12)14-6-9-13-4-5-18(9)2/h4-5,7H,3,6,12H2,1-2H3,(H2,14,15,16,17). The van der Waals surface area contributed by atoms with Crippen molar-refractivity contribution in [2.24, 2.45) is 12.9 Å². The maximum Gasteiger partial charge on any atom is 0.148 e. The summed E-state index contributed by atoms with van der Waals surface area (Å²) in [5.74, 6) is 7.80. The van der Waals surface area contributed by atoms with Crippen LogP contribution in [0.4, 0.5) is 11.6 Å². The van der Waals surface area contributed by atoms with Gasteiger partial charge < -0.3 is 15.3 Å². The van der Waals surface area contributed by atoms with Gasteiger partial charge in [0.1, 0.15) is 23.8 Å². The van der Waals surface area contributed by atoms with Gasteiger partial charge in [-0.15, -0.1) is 0 Å². The van der Waals surface area contributed by atoms with E-state index in [0.717, 1.165) is 23.6 Å². The molecule has 96 valence electrons. The third-order valence-corrected chi connectivity index (χ3v) is 2.77. The van der Waals surface area contributed by atoms with Crippen molar-refractivity contribution in [3.05, 3.63) is 30.1 Å². The number of imidazole rings is 1. The van der Waals surface area contributed by atoms with Gasteiger partial charge in [0, 0.05) is 25.0 Å². The van der Waals surface area contributed by atoms with Crippen LogP contribution in [0.15, 0.2) is 18.7 Å². The third kappa shape index (κ3) is 2.40. The summed E-state index contributed by atoms with van der Waals surface area (Å²) in [4.78, 5) is 12.6. The molecule has 4 N–H and O–H groups in total. The lowest BCUT2D eigenvalue weighted by atomic mass is 10.2. The summed E-state index contributed by atoms with van der Waals surface area (Å²) in [6.07, 6.45) is 5.95. The minimum Gasteiger partial charge on any atom is -0.362 e. The maximum absolute atomic E-state index is 5.43. The van der Waals surface area contributed by atoms with Crippen LogP contribution in [0.3, 0.4) is 0 Å². The molecule has 2 heterocycles. The number of aromatic nitrogens is 4. The van der Waals surface area contributed by atoms with Crippen molar-refractivity contribution in [1.29, 1.82) is 0 Å².